The summed E-state index contributed by atoms with van der Waals surface area (Å²) in [5.74, 6) is 0. The molecular formula is C11H15NO4S. The van der Waals surface area contributed by atoms with Crippen LogP contribution in [0.4, 0.5) is 0 Å². The highest BCUT2D eigenvalue weighted by Gasteiger charge is 2.19. The minimum Gasteiger partial charge on any atom is -0.376 e. The molecule has 1 aliphatic rings. The monoisotopic (exact) mass is 257 g/mol. The van der Waals surface area contributed by atoms with Gasteiger partial charge in [-0.3, -0.25) is 0 Å². The SMILES string of the molecule is O=S(=O)(NCC1COCCO1)c1ccccc1. The van der Waals surface area contributed by atoms with Crippen molar-refractivity contribution in [2.45, 2.75) is 11.0 Å². The van der Waals surface area contributed by atoms with E-state index < -0.39 is 10.0 Å². The first-order valence-electron chi connectivity index (χ1n) is 5.42. The van der Waals surface area contributed by atoms with E-state index in [4.69, 9.17) is 9.47 Å². The lowest BCUT2D eigenvalue weighted by atomic mass is 10.3. The predicted molar refractivity (Wildman–Crippen MR) is 62.2 cm³/mol. The fraction of sp³-hybridized carbons (Fsp3) is 0.455. The summed E-state index contributed by atoms with van der Waals surface area (Å²) in [6.45, 7) is 1.74. The van der Waals surface area contributed by atoms with Gasteiger partial charge in [0, 0.05) is 6.54 Å². The molecule has 94 valence electrons. The standard InChI is InChI=1S/C11H15NO4S/c13-17(14,11-4-2-1-3-5-11)12-8-10-9-15-6-7-16-10/h1-5,10,12H,6-9H2. The highest BCUT2D eigenvalue weighted by Crippen LogP contribution is 2.08. The molecule has 1 atom stereocenters. The second-order valence-electron chi connectivity index (χ2n) is 3.73. The third kappa shape index (κ3) is 3.50. The molecular weight excluding hydrogens is 242 g/mol. The van der Waals surface area contributed by atoms with Gasteiger partial charge in [-0.1, -0.05) is 18.2 Å². The van der Waals surface area contributed by atoms with Crippen molar-refractivity contribution in [1.82, 2.24) is 4.72 Å². The second kappa shape index (κ2) is 5.59. The lowest BCUT2D eigenvalue weighted by molar-refractivity contribution is -0.0846. The van der Waals surface area contributed by atoms with E-state index in [9.17, 15) is 8.42 Å². The van der Waals surface area contributed by atoms with Gasteiger partial charge in [-0.25, -0.2) is 13.1 Å². The zero-order valence-electron chi connectivity index (χ0n) is 9.33. The Bertz CT molecular complexity index is 440. The number of hydrogen-bond donors (Lipinski definition) is 1. The van der Waals surface area contributed by atoms with Gasteiger partial charge >= 0.3 is 0 Å². The summed E-state index contributed by atoms with van der Waals surface area (Å²) in [5, 5.41) is 0. The summed E-state index contributed by atoms with van der Waals surface area (Å²) in [4.78, 5) is 0.261. The van der Waals surface area contributed by atoms with Crippen LogP contribution in [-0.4, -0.2) is 40.9 Å². The fourth-order valence-corrected chi connectivity index (χ4v) is 2.63. The quantitative estimate of drug-likeness (QED) is 0.847. The van der Waals surface area contributed by atoms with E-state index in [0.29, 0.717) is 19.8 Å². The zero-order valence-corrected chi connectivity index (χ0v) is 10.2. The van der Waals surface area contributed by atoms with Crippen LogP contribution in [0, 0.1) is 0 Å². The van der Waals surface area contributed by atoms with Gasteiger partial charge in [0.1, 0.15) is 0 Å². The van der Waals surface area contributed by atoms with E-state index in [2.05, 4.69) is 4.72 Å². The third-order valence-electron chi connectivity index (χ3n) is 2.44. The fourth-order valence-electron chi connectivity index (χ4n) is 1.54. The molecule has 0 aliphatic carbocycles. The molecule has 1 heterocycles. The Kier molecular flexibility index (Phi) is 4.11. The van der Waals surface area contributed by atoms with E-state index in [0.717, 1.165) is 0 Å². The minimum atomic E-state index is -3.45. The van der Waals surface area contributed by atoms with Crippen LogP contribution < -0.4 is 4.72 Å². The Labute approximate surface area is 101 Å². The molecule has 0 spiro atoms. The van der Waals surface area contributed by atoms with Crippen molar-refractivity contribution in [3.8, 4) is 0 Å². The lowest BCUT2D eigenvalue weighted by Gasteiger charge is -2.23. The van der Waals surface area contributed by atoms with Crippen LogP contribution in [-0.2, 0) is 19.5 Å². The van der Waals surface area contributed by atoms with Gasteiger partial charge in [0.2, 0.25) is 10.0 Å². The smallest absolute Gasteiger partial charge is 0.240 e. The number of sulfonamides is 1. The number of nitrogens with one attached hydrogen (secondary N) is 1. The molecule has 2 rings (SSSR count). The van der Waals surface area contributed by atoms with Crippen LogP contribution in [0.15, 0.2) is 35.2 Å². The summed E-state index contributed by atoms with van der Waals surface area (Å²) in [5.41, 5.74) is 0. The molecule has 1 aliphatic heterocycles. The predicted octanol–water partition coefficient (Wildman–Crippen LogP) is 0.380. The van der Waals surface area contributed by atoms with Crippen molar-refractivity contribution < 1.29 is 17.9 Å². The van der Waals surface area contributed by atoms with Gasteiger partial charge in [-0.15, -0.1) is 0 Å². The van der Waals surface area contributed by atoms with Gasteiger partial charge in [-0.2, -0.15) is 0 Å². The minimum absolute atomic E-state index is 0.206. The summed E-state index contributed by atoms with van der Waals surface area (Å²) in [6, 6.07) is 8.27. The molecule has 1 fully saturated rings. The first-order valence-corrected chi connectivity index (χ1v) is 6.91. The summed E-state index contributed by atoms with van der Waals surface area (Å²) in [7, 11) is -3.45. The summed E-state index contributed by atoms with van der Waals surface area (Å²) in [6.07, 6.45) is -0.206. The van der Waals surface area contributed by atoms with Crippen molar-refractivity contribution >= 4 is 10.0 Å². The number of ether oxygens (including phenoxy) is 2. The molecule has 1 unspecified atom stereocenters. The highest BCUT2D eigenvalue weighted by molar-refractivity contribution is 7.89. The first kappa shape index (κ1) is 12.5. The molecule has 0 saturated carbocycles. The maximum atomic E-state index is 11.9. The Morgan fingerprint density at radius 1 is 1.24 bits per heavy atom. The van der Waals surface area contributed by atoms with Gasteiger partial charge in [0.05, 0.1) is 30.8 Å². The maximum absolute atomic E-state index is 11.9. The van der Waals surface area contributed by atoms with Crippen LogP contribution in [0.5, 0.6) is 0 Å². The molecule has 0 amide bonds. The van der Waals surface area contributed by atoms with E-state index >= 15 is 0 Å². The van der Waals surface area contributed by atoms with Gasteiger partial charge in [0.15, 0.2) is 0 Å². The molecule has 17 heavy (non-hydrogen) atoms. The molecule has 0 radical (unpaired) electrons. The molecule has 6 heteroatoms. The lowest BCUT2D eigenvalue weighted by Crippen LogP contribution is -2.39. The van der Waals surface area contributed by atoms with Gasteiger partial charge < -0.3 is 9.47 Å². The Hall–Kier alpha value is -0.950. The molecule has 1 aromatic rings. The molecule has 0 bridgehead atoms. The van der Waals surface area contributed by atoms with Crippen LogP contribution in [0.3, 0.4) is 0 Å². The molecule has 5 nitrogen and oxygen atoms in total. The Morgan fingerprint density at radius 2 is 2.00 bits per heavy atom. The van der Waals surface area contributed by atoms with Crippen molar-refractivity contribution in [3.05, 3.63) is 30.3 Å². The van der Waals surface area contributed by atoms with E-state index in [1.165, 1.54) is 0 Å². The number of hydrogen-bond acceptors (Lipinski definition) is 4. The third-order valence-corrected chi connectivity index (χ3v) is 3.88. The first-order chi connectivity index (χ1) is 8.18. The van der Waals surface area contributed by atoms with Crippen molar-refractivity contribution in [2.24, 2.45) is 0 Å². The van der Waals surface area contributed by atoms with Crippen molar-refractivity contribution in [3.63, 3.8) is 0 Å². The topological polar surface area (TPSA) is 64.6 Å². The van der Waals surface area contributed by atoms with Crippen LogP contribution >= 0.6 is 0 Å². The average molecular weight is 257 g/mol. The maximum Gasteiger partial charge on any atom is 0.240 e. The van der Waals surface area contributed by atoms with Crippen LogP contribution in [0.25, 0.3) is 0 Å². The van der Waals surface area contributed by atoms with E-state index in [1.807, 2.05) is 0 Å². The van der Waals surface area contributed by atoms with Crippen LogP contribution in [0.1, 0.15) is 0 Å². The number of benzene rings is 1. The van der Waals surface area contributed by atoms with Crippen LogP contribution in [0.2, 0.25) is 0 Å². The molecule has 1 saturated heterocycles. The molecule has 1 N–H and O–H groups in total. The Balaban J connectivity index is 1.94. The van der Waals surface area contributed by atoms with Crippen molar-refractivity contribution in [1.29, 1.82) is 0 Å². The van der Waals surface area contributed by atoms with E-state index in [1.54, 1.807) is 30.3 Å². The molecule has 1 aromatic carbocycles. The van der Waals surface area contributed by atoms with E-state index in [-0.39, 0.29) is 17.5 Å². The average Bonchev–Trinajstić information content (AvgIpc) is 2.39. The Morgan fingerprint density at radius 3 is 2.65 bits per heavy atom. The van der Waals surface area contributed by atoms with Crippen molar-refractivity contribution in [2.75, 3.05) is 26.4 Å². The molecule has 0 aromatic heterocycles. The second-order valence-corrected chi connectivity index (χ2v) is 5.50. The zero-order chi connectivity index (χ0) is 12.1. The van der Waals surface area contributed by atoms with Gasteiger partial charge in [-0.05, 0) is 12.1 Å². The summed E-state index contributed by atoms with van der Waals surface area (Å²) >= 11 is 0. The number of rotatable bonds is 4. The largest absolute Gasteiger partial charge is 0.376 e. The van der Waals surface area contributed by atoms with Gasteiger partial charge in [0.25, 0.3) is 0 Å². The summed E-state index contributed by atoms with van der Waals surface area (Å²) < 4.78 is 36.8. The highest BCUT2D eigenvalue weighted by atomic mass is 32.2. The normalized spacial score (nSPS) is 21.3.